The van der Waals surface area contributed by atoms with Gasteiger partial charge in [-0.2, -0.15) is 4.31 Å². The first-order valence-electron chi connectivity index (χ1n) is 6.37. The number of alkyl halides is 3. The minimum absolute atomic E-state index is 0.102. The lowest BCUT2D eigenvalue weighted by molar-refractivity contribution is -0.275. The second kappa shape index (κ2) is 6.34. The topological polar surface area (TPSA) is 98.9 Å². The number of morpholine rings is 1. The van der Waals surface area contributed by atoms with Gasteiger partial charge in [0.25, 0.3) is 0 Å². The first kappa shape index (κ1) is 17.5. The van der Waals surface area contributed by atoms with Crippen LogP contribution in [0.15, 0.2) is 29.2 Å². The molecule has 23 heavy (non-hydrogen) atoms. The molecule has 1 heterocycles. The maximum atomic E-state index is 12.5. The number of hydrogen-bond acceptors (Lipinski definition) is 5. The molecule has 1 amide bonds. The van der Waals surface area contributed by atoms with E-state index in [9.17, 15) is 26.4 Å². The molecule has 0 aliphatic carbocycles. The number of sulfonamides is 1. The van der Waals surface area contributed by atoms with E-state index in [2.05, 4.69) is 4.74 Å². The summed E-state index contributed by atoms with van der Waals surface area (Å²) in [5.41, 5.74) is 5.07. The molecule has 2 rings (SSSR count). The van der Waals surface area contributed by atoms with Crippen molar-refractivity contribution in [3.8, 4) is 5.75 Å². The number of carbonyl (C=O) groups is 1. The molecule has 0 saturated carbocycles. The van der Waals surface area contributed by atoms with Crippen LogP contribution < -0.4 is 10.5 Å². The summed E-state index contributed by atoms with van der Waals surface area (Å²) in [6, 6.07) is 4.37. The summed E-state index contributed by atoms with van der Waals surface area (Å²) < 4.78 is 71.9. The number of rotatable bonds is 4. The predicted octanol–water partition coefficient (Wildman–Crippen LogP) is 0.460. The number of nitrogens with zero attached hydrogens (tertiary/aromatic N) is 1. The largest absolute Gasteiger partial charge is 0.573 e. The van der Waals surface area contributed by atoms with E-state index >= 15 is 0 Å². The van der Waals surface area contributed by atoms with Gasteiger partial charge in [-0.1, -0.05) is 12.1 Å². The zero-order valence-electron chi connectivity index (χ0n) is 11.6. The quantitative estimate of drug-likeness (QED) is 0.847. The highest BCUT2D eigenvalue weighted by Gasteiger charge is 2.38. The lowest BCUT2D eigenvalue weighted by atomic mass is 10.3. The Hall–Kier alpha value is -1.85. The number of ether oxygens (including phenoxy) is 2. The highest BCUT2D eigenvalue weighted by molar-refractivity contribution is 7.89. The Morgan fingerprint density at radius 2 is 2.00 bits per heavy atom. The van der Waals surface area contributed by atoms with Crippen LogP contribution in [-0.2, 0) is 19.6 Å². The third-order valence-electron chi connectivity index (χ3n) is 3.04. The normalized spacial score (nSPS) is 20.2. The van der Waals surface area contributed by atoms with Crippen LogP contribution >= 0.6 is 0 Å². The van der Waals surface area contributed by atoms with Gasteiger partial charge in [0.15, 0.2) is 0 Å². The van der Waals surface area contributed by atoms with Crippen LogP contribution in [0.25, 0.3) is 0 Å². The summed E-state index contributed by atoms with van der Waals surface area (Å²) in [4.78, 5) is 10.5. The molecule has 0 radical (unpaired) electrons. The first-order valence-corrected chi connectivity index (χ1v) is 7.81. The second-order valence-electron chi connectivity index (χ2n) is 4.62. The molecule has 1 aliphatic rings. The smallest absolute Gasteiger partial charge is 0.404 e. The van der Waals surface area contributed by atoms with Gasteiger partial charge in [0, 0.05) is 13.1 Å². The molecule has 0 aromatic heterocycles. The fraction of sp³-hybridized carbons (Fsp3) is 0.417. The molecular weight excluding hydrogens is 341 g/mol. The predicted molar refractivity (Wildman–Crippen MR) is 70.8 cm³/mol. The lowest BCUT2D eigenvalue weighted by Gasteiger charge is -2.30. The Balaban J connectivity index is 2.35. The highest BCUT2D eigenvalue weighted by atomic mass is 32.2. The molecule has 1 unspecified atom stereocenters. The Morgan fingerprint density at radius 3 is 2.61 bits per heavy atom. The summed E-state index contributed by atoms with van der Waals surface area (Å²) in [5, 5.41) is 0. The van der Waals surface area contributed by atoms with Gasteiger partial charge in [0.1, 0.15) is 16.7 Å². The van der Waals surface area contributed by atoms with Gasteiger partial charge >= 0.3 is 6.36 Å². The fourth-order valence-electron chi connectivity index (χ4n) is 2.03. The lowest BCUT2D eigenvalue weighted by Crippen LogP contribution is -2.50. The SMILES string of the molecule is NC(=O)C1CN(S(=O)(=O)c2ccccc2OC(F)(F)F)CCO1. The number of halogens is 3. The molecule has 1 aromatic carbocycles. The molecule has 2 N–H and O–H groups in total. The Kier molecular flexibility index (Phi) is 4.82. The number of primary amides is 1. The van der Waals surface area contributed by atoms with Gasteiger partial charge < -0.3 is 15.2 Å². The number of para-hydroxylation sites is 1. The van der Waals surface area contributed by atoms with E-state index in [0.717, 1.165) is 16.4 Å². The summed E-state index contributed by atoms with van der Waals surface area (Å²) in [6.07, 6.45) is -6.19. The summed E-state index contributed by atoms with van der Waals surface area (Å²) >= 11 is 0. The van der Waals surface area contributed by atoms with Crippen LogP contribution in [0.3, 0.4) is 0 Å². The fourth-order valence-corrected chi connectivity index (χ4v) is 3.57. The first-order chi connectivity index (χ1) is 10.6. The standard InChI is InChI=1S/C12H13F3N2O5S/c13-12(14,15)22-8-3-1-2-4-10(8)23(19,20)17-5-6-21-9(7-17)11(16)18/h1-4,9H,5-7H2,(H2,16,18). The van der Waals surface area contributed by atoms with Crippen LogP contribution in [0.1, 0.15) is 0 Å². The van der Waals surface area contributed by atoms with Gasteiger partial charge in [0.05, 0.1) is 6.61 Å². The van der Waals surface area contributed by atoms with E-state index in [4.69, 9.17) is 10.5 Å². The molecule has 1 atom stereocenters. The van der Waals surface area contributed by atoms with E-state index < -0.39 is 39.0 Å². The van der Waals surface area contributed by atoms with Crippen molar-refractivity contribution < 1.29 is 35.9 Å². The molecule has 0 spiro atoms. The number of nitrogens with two attached hydrogens (primary N) is 1. The van der Waals surface area contributed by atoms with Crippen LogP contribution in [0.2, 0.25) is 0 Å². The molecule has 11 heteroatoms. The van der Waals surface area contributed by atoms with Crippen molar-refractivity contribution in [1.82, 2.24) is 4.31 Å². The van der Waals surface area contributed by atoms with Gasteiger partial charge in [-0.15, -0.1) is 13.2 Å². The Bertz CT molecular complexity index is 692. The zero-order chi connectivity index (χ0) is 17.3. The zero-order valence-corrected chi connectivity index (χ0v) is 12.4. The van der Waals surface area contributed by atoms with E-state index in [-0.39, 0.29) is 19.7 Å². The van der Waals surface area contributed by atoms with Gasteiger partial charge in [-0.05, 0) is 12.1 Å². The van der Waals surface area contributed by atoms with Crippen molar-refractivity contribution in [1.29, 1.82) is 0 Å². The van der Waals surface area contributed by atoms with Crippen molar-refractivity contribution in [3.05, 3.63) is 24.3 Å². The molecule has 128 valence electrons. The van der Waals surface area contributed by atoms with E-state index in [0.29, 0.717) is 0 Å². The number of amides is 1. The molecular formula is C12H13F3N2O5S. The third-order valence-corrected chi connectivity index (χ3v) is 4.94. The van der Waals surface area contributed by atoms with E-state index in [1.807, 2.05) is 0 Å². The van der Waals surface area contributed by atoms with Crippen molar-refractivity contribution in [3.63, 3.8) is 0 Å². The molecule has 1 aromatic rings. The minimum Gasteiger partial charge on any atom is -0.404 e. The summed E-state index contributed by atoms with van der Waals surface area (Å²) in [7, 11) is -4.31. The van der Waals surface area contributed by atoms with Crippen molar-refractivity contribution >= 4 is 15.9 Å². The molecule has 0 bridgehead atoms. The van der Waals surface area contributed by atoms with Crippen molar-refractivity contribution in [2.24, 2.45) is 5.73 Å². The van der Waals surface area contributed by atoms with E-state index in [1.165, 1.54) is 12.1 Å². The van der Waals surface area contributed by atoms with Crippen LogP contribution in [0, 0.1) is 0 Å². The van der Waals surface area contributed by atoms with Gasteiger partial charge in [0.2, 0.25) is 15.9 Å². The Labute approximate surface area is 129 Å². The number of benzene rings is 1. The van der Waals surface area contributed by atoms with Crippen LogP contribution in [0.4, 0.5) is 13.2 Å². The monoisotopic (exact) mass is 354 g/mol. The summed E-state index contributed by atoms with van der Waals surface area (Å²) in [6.45, 7) is -0.598. The average Bonchev–Trinajstić information content (AvgIpc) is 2.46. The van der Waals surface area contributed by atoms with E-state index in [1.54, 1.807) is 0 Å². The molecule has 1 saturated heterocycles. The second-order valence-corrected chi connectivity index (χ2v) is 6.53. The van der Waals surface area contributed by atoms with Gasteiger partial charge in [-0.25, -0.2) is 8.42 Å². The van der Waals surface area contributed by atoms with Crippen LogP contribution in [0.5, 0.6) is 5.75 Å². The maximum Gasteiger partial charge on any atom is 0.573 e. The third kappa shape index (κ3) is 4.12. The number of hydrogen-bond donors (Lipinski definition) is 1. The number of carbonyl (C=O) groups excluding carboxylic acids is 1. The Morgan fingerprint density at radius 1 is 1.35 bits per heavy atom. The highest BCUT2D eigenvalue weighted by Crippen LogP contribution is 2.31. The summed E-state index contributed by atoms with van der Waals surface area (Å²) in [5.74, 6) is -1.70. The molecule has 1 aliphatic heterocycles. The minimum atomic E-state index is -5.04. The van der Waals surface area contributed by atoms with Gasteiger partial charge in [-0.3, -0.25) is 4.79 Å². The van der Waals surface area contributed by atoms with Crippen molar-refractivity contribution in [2.45, 2.75) is 17.4 Å². The van der Waals surface area contributed by atoms with Crippen LogP contribution in [-0.4, -0.2) is 50.8 Å². The van der Waals surface area contributed by atoms with Crippen molar-refractivity contribution in [2.75, 3.05) is 19.7 Å². The molecule has 1 fully saturated rings. The average molecular weight is 354 g/mol. The molecule has 7 nitrogen and oxygen atoms in total. The maximum absolute atomic E-state index is 12.5.